The summed E-state index contributed by atoms with van der Waals surface area (Å²) in [5, 5.41) is 0. The van der Waals surface area contributed by atoms with Crippen molar-refractivity contribution in [3.05, 3.63) is 48.0 Å². The number of benzene rings is 2. The normalized spacial score (nSPS) is 22.5. The van der Waals surface area contributed by atoms with Gasteiger partial charge in [0.05, 0.1) is 20.3 Å². The first kappa shape index (κ1) is 25.2. The maximum Gasteiger partial charge on any atom is 0.250 e. The van der Waals surface area contributed by atoms with Crippen LogP contribution in [-0.4, -0.2) is 67.2 Å². The molecule has 198 valence electrons. The third kappa shape index (κ3) is 5.33. The van der Waals surface area contributed by atoms with Crippen LogP contribution in [0.4, 0.5) is 0 Å². The highest BCUT2D eigenvalue weighted by atomic mass is 16.6. The number of methoxy groups -OCH3 is 1. The van der Waals surface area contributed by atoms with Crippen LogP contribution >= 0.6 is 0 Å². The van der Waals surface area contributed by atoms with E-state index in [0.29, 0.717) is 41.8 Å². The summed E-state index contributed by atoms with van der Waals surface area (Å²) in [4.78, 5) is 31.3. The van der Waals surface area contributed by atoms with Crippen LogP contribution in [0.2, 0.25) is 0 Å². The Hall–Kier alpha value is -3.42. The molecule has 0 spiro atoms. The number of ether oxygens (including phenoxy) is 4. The Morgan fingerprint density at radius 2 is 1.73 bits per heavy atom. The summed E-state index contributed by atoms with van der Waals surface area (Å²) in [6.07, 6.45) is 6.02. The zero-order valence-electron chi connectivity index (χ0n) is 21.7. The molecule has 1 saturated carbocycles. The predicted octanol–water partition coefficient (Wildman–Crippen LogP) is 4.37. The lowest BCUT2D eigenvalue weighted by atomic mass is 9.96. The minimum Gasteiger partial charge on any atom is -0.493 e. The number of nitrogens with zero attached hydrogens (tertiary/aromatic N) is 2. The highest BCUT2D eigenvalue weighted by Gasteiger charge is 2.44. The summed E-state index contributed by atoms with van der Waals surface area (Å²) in [6, 6.07) is 12.3. The van der Waals surface area contributed by atoms with E-state index < -0.39 is 6.04 Å². The monoisotopic (exact) mass is 508 g/mol. The van der Waals surface area contributed by atoms with Gasteiger partial charge in [-0.3, -0.25) is 9.59 Å². The molecule has 1 aliphatic carbocycles. The van der Waals surface area contributed by atoms with Crippen LogP contribution in [0.15, 0.2) is 42.5 Å². The molecular weight excluding hydrogens is 472 g/mol. The van der Waals surface area contributed by atoms with Crippen molar-refractivity contribution < 1.29 is 28.5 Å². The highest BCUT2D eigenvalue weighted by molar-refractivity contribution is 5.96. The van der Waals surface area contributed by atoms with Gasteiger partial charge in [-0.1, -0.05) is 43.9 Å². The predicted molar refractivity (Wildman–Crippen MR) is 138 cm³/mol. The quantitative estimate of drug-likeness (QED) is 0.517. The van der Waals surface area contributed by atoms with E-state index in [1.54, 1.807) is 12.0 Å². The molecule has 1 saturated heterocycles. The molecule has 2 aliphatic heterocycles. The fourth-order valence-electron chi connectivity index (χ4n) is 5.66. The lowest BCUT2D eigenvalue weighted by Crippen LogP contribution is -2.60. The van der Waals surface area contributed by atoms with Crippen molar-refractivity contribution in [2.24, 2.45) is 0 Å². The fourth-order valence-corrected chi connectivity index (χ4v) is 5.66. The molecule has 2 heterocycles. The van der Waals surface area contributed by atoms with Crippen molar-refractivity contribution in [3.8, 4) is 23.0 Å². The van der Waals surface area contributed by atoms with E-state index in [-0.39, 0.29) is 37.0 Å². The molecule has 0 unspecified atom stereocenters. The summed E-state index contributed by atoms with van der Waals surface area (Å²) in [5.41, 5.74) is 0.703. The summed E-state index contributed by atoms with van der Waals surface area (Å²) in [5.74, 6) is 2.36. The highest BCUT2D eigenvalue weighted by Crippen LogP contribution is 2.38. The van der Waals surface area contributed by atoms with Crippen molar-refractivity contribution >= 4 is 11.8 Å². The molecule has 0 radical (unpaired) electrons. The molecule has 2 amide bonds. The number of hydrogen-bond acceptors (Lipinski definition) is 6. The number of carbonyl (C=O) groups excluding carboxylic acids is 2. The Balaban J connectivity index is 1.46. The number of rotatable bonds is 7. The SMILES string of the molecule is CCOc1ccc([C@H]2C(=O)N(C3CCCCCC3)CC(=O)N2C[C@@H]2COc3ccccc3O2)cc1OC. The number of piperazine rings is 1. The van der Waals surface area contributed by atoms with Gasteiger partial charge in [0.25, 0.3) is 5.91 Å². The molecule has 0 bridgehead atoms. The topological polar surface area (TPSA) is 77.5 Å². The fraction of sp³-hybridized carbons (Fsp3) is 0.517. The lowest BCUT2D eigenvalue weighted by molar-refractivity contribution is -0.160. The second-order valence-electron chi connectivity index (χ2n) is 9.90. The second kappa shape index (κ2) is 11.3. The number of carbonyl (C=O) groups is 2. The Bertz CT molecular complexity index is 1110. The third-order valence-electron chi connectivity index (χ3n) is 7.49. The van der Waals surface area contributed by atoms with Crippen molar-refractivity contribution in [2.75, 3.05) is 33.4 Å². The van der Waals surface area contributed by atoms with Crippen LogP contribution in [0, 0.1) is 0 Å². The Labute approximate surface area is 218 Å². The smallest absolute Gasteiger partial charge is 0.250 e. The maximum absolute atomic E-state index is 14.1. The summed E-state index contributed by atoms with van der Waals surface area (Å²) in [6.45, 7) is 3.06. The number of amides is 2. The lowest BCUT2D eigenvalue weighted by Gasteiger charge is -2.44. The zero-order chi connectivity index (χ0) is 25.8. The Kier molecular flexibility index (Phi) is 7.72. The van der Waals surface area contributed by atoms with E-state index in [0.717, 1.165) is 25.7 Å². The van der Waals surface area contributed by atoms with Crippen LogP contribution in [0.1, 0.15) is 57.1 Å². The van der Waals surface area contributed by atoms with Crippen LogP contribution in [0.3, 0.4) is 0 Å². The molecule has 2 atom stereocenters. The molecule has 2 fully saturated rings. The first-order valence-corrected chi connectivity index (χ1v) is 13.4. The number of fused-ring (bicyclic) bond motifs is 1. The van der Waals surface area contributed by atoms with Crippen molar-refractivity contribution in [1.82, 2.24) is 9.80 Å². The third-order valence-corrected chi connectivity index (χ3v) is 7.49. The molecule has 0 aromatic heterocycles. The van der Waals surface area contributed by atoms with E-state index in [1.807, 2.05) is 54.3 Å². The molecule has 5 rings (SSSR count). The average Bonchev–Trinajstić information content (AvgIpc) is 3.21. The van der Waals surface area contributed by atoms with Gasteiger partial charge in [0.2, 0.25) is 5.91 Å². The molecule has 8 nitrogen and oxygen atoms in total. The molecular formula is C29H36N2O6. The van der Waals surface area contributed by atoms with E-state index in [4.69, 9.17) is 18.9 Å². The van der Waals surface area contributed by atoms with Gasteiger partial charge in [-0.2, -0.15) is 0 Å². The molecule has 37 heavy (non-hydrogen) atoms. The minimum atomic E-state index is -0.769. The van der Waals surface area contributed by atoms with Crippen molar-refractivity contribution in [1.29, 1.82) is 0 Å². The summed E-state index contributed by atoms with van der Waals surface area (Å²) >= 11 is 0. The number of para-hydroxylation sites is 2. The van der Waals surface area contributed by atoms with Gasteiger partial charge in [-0.15, -0.1) is 0 Å². The van der Waals surface area contributed by atoms with E-state index in [2.05, 4.69) is 0 Å². The van der Waals surface area contributed by atoms with Gasteiger partial charge >= 0.3 is 0 Å². The zero-order valence-corrected chi connectivity index (χ0v) is 21.7. The average molecular weight is 509 g/mol. The van der Waals surface area contributed by atoms with E-state index in [9.17, 15) is 9.59 Å². The molecule has 2 aromatic carbocycles. The minimum absolute atomic E-state index is 0.0464. The van der Waals surface area contributed by atoms with Gasteiger partial charge in [0.15, 0.2) is 29.1 Å². The van der Waals surface area contributed by atoms with E-state index >= 15 is 0 Å². The molecule has 8 heteroatoms. The van der Waals surface area contributed by atoms with Gasteiger partial charge in [-0.05, 0) is 49.6 Å². The molecule has 2 aromatic rings. The summed E-state index contributed by atoms with van der Waals surface area (Å²) < 4.78 is 23.3. The largest absolute Gasteiger partial charge is 0.493 e. The van der Waals surface area contributed by atoms with Gasteiger partial charge in [0, 0.05) is 6.04 Å². The first-order chi connectivity index (χ1) is 18.1. The summed E-state index contributed by atoms with van der Waals surface area (Å²) in [7, 11) is 1.58. The van der Waals surface area contributed by atoms with Crippen LogP contribution in [-0.2, 0) is 9.59 Å². The van der Waals surface area contributed by atoms with Crippen LogP contribution in [0.5, 0.6) is 23.0 Å². The molecule has 3 aliphatic rings. The second-order valence-corrected chi connectivity index (χ2v) is 9.90. The molecule has 0 N–H and O–H groups in total. The van der Waals surface area contributed by atoms with Crippen molar-refractivity contribution in [3.63, 3.8) is 0 Å². The van der Waals surface area contributed by atoms with Crippen molar-refractivity contribution in [2.45, 2.75) is 63.6 Å². The van der Waals surface area contributed by atoms with Gasteiger partial charge < -0.3 is 28.7 Å². The standard InChI is InChI=1S/C29H36N2O6/c1-3-35-24-15-14-20(16-26(24)34-2)28-29(33)30(21-10-6-4-5-7-11-21)18-27(32)31(28)17-22-19-36-23-12-8-9-13-25(23)37-22/h8-9,12-16,21-22,28H,3-7,10-11,17-19H2,1-2H3/t22-,28+/m1/s1. The van der Waals surface area contributed by atoms with Crippen LogP contribution in [0.25, 0.3) is 0 Å². The maximum atomic E-state index is 14.1. The van der Waals surface area contributed by atoms with Gasteiger partial charge in [0.1, 0.15) is 19.2 Å². The Morgan fingerprint density at radius 1 is 0.973 bits per heavy atom. The van der Waals surface area contributed by atoms with Crippen LogP contribution < -0.4 is 18.9 Å². The first-order valence-electron chi connectivity index (χ1n) is 13.4. The number of hydrogen-bond donors (Lipinski definition) is 0. The Morgan fingerprint density at radius 3 is 2.46 bits per heavy atom. The van der Waals surface area contributed by atoms with Gasteiger partial charge in [-0.25, -0.2) is 0 Å². The van der Waals surface area contributed by atoms with E-state index in [1.165, 1.54) is 12.8 Å².